The molecule has 0 radical (unpaired) electrons. The summed E-state index contributed by atoms with van der Waals surface area (Å²) in [6.45, 7) is 13.8. The van der Waals surface area contributed by atoms with E-state index in [9.17, 15) is 0 Å². The molecule has 0 spiro atoms. The summed E-state index contributed by atoms with van der Waals surface area (Å²) in [6.07, 6.45) is 1.93. The lowest BCUT2D eigenvalue weighted by Gasteiger charge is -2.19. The van der Waals surface area contributed by atoms with Crippen LogP contribution in [0, 0.1) is 0 Å². The molecule has 0 fully saturated rings. The fraction of sp³-hybridized carbons (Fsp3) is 0.170. The molecule has 0 saturated heterocycles. The Morgan fingerprint density at radius 3 is 1.68 bits per heavy atom. The Balaban J connectivity index is 1.29. The summed E-state index contributed by atoms with van der Waals surface area (Å²) in [5, 5.41) is 12.3. The van der Waals surface area contributed by atoms with Crippen LogP contribution in [-0.4, -0.2) is 14.2 Å². The molecule has 3 heterocycles. The molecular weight excluding hydrogens is 607 g/mol. The quantitative estimate of drug-likeness (QED) is 0.187. The maximum atomic E-state index is 4.93. The van der Waals surface area contributed by atoms with Crippen LogP contribution in [0.5, 0.6) is 0 Å². The van der Waals surface area contributed by atoms with Crippen molar-refractivity contribution in [2.24, 2.45) is 0 Å². The van der Waals surface area contributed by atoms with Gasteiger partial charge in [0.25, 0.3) is 0 Å². The lowest BCUT2D eigenvalue weighted by atomic mass is 9.85. The van der Waals surface area contributed by atoms with E-state index < -0.39 is 0 Å². The highest BCUT2D eigenvalue weighted by Crippen LogP contribution is 2.41. The number of hydrogen-bond donors (Lipinski definition) is 0. The lowest BCUT2D eigenvalue weighted by Crippen LogP contribution is -2.10. The second-order valence-electron chi connectivity index (χ2n) is 15.8. The van der Waals surface area contributed by atoms with Gasteiger partial charge in [-0.3, -0.25) is 0 Å². The second-order valence-corrected chi connectivity index (χ2v) is 15.8. The van der Waals surface area contributed by atoms with Gasteiger partial charge < -0.3 is 4.57 Å². The Bertz CT molecular complexity index is 2690. The van der Waals surface area contributed by atoms with Crippen molar-refractivity contribution < 1.29 is 0 Å². The van der Waals surface area contributed by atoms with Crippen LogP contribution in [0.2, 0.25) is 0 Å². The zero-order valence-electron chi connectivity index (χ0n) is 29.6. The summed E-state index contributed by atoms with van der Waals surface area (Å²) >= 11 is 0. The molecule has 0 aliphatic heterocycles. The van der Waals surface area contributed by atoms with Crippen LogP contribution in [0.25, 0.3) is 76.9 Å². The van der Waals surface area contributed by atoms with Gasteiger partial charge in [0.1, 0.15) is 0 Å². The molecule has 0 saturated carbocycles. The van der Waals surface area contributed by atoms with Gasteiger partial charge in [0.15, 0.2) is 0 Å². The van der Waals surface area contributed by atoms with E-state index in [0.29, 0.717) is 0 Å². The predicted molar refractivity (Wildman–Crippen MR) is 213 cm³/mol. The van der Waals surface area contributed by atoms with Crippen LogP contribution in [0.1, 0.15) is 52.7 Å². The average Bonchev–Trinajstić information content (AvgIpc) is 3.73. The van der Waals surface area contributed by atoms with E-state index in [0.717, 1.165) is 16.9 Å². The first-order valence-electron chi connectivity index (χ1n) is 17.6. The van der Waals surface area contributed by atoms with Gasteiger partial charge in [0, 0.05) is 27.4 Å². The van der Waals surface area contributed by atoms with E-state index in [1.165, 1.54) is 71.2 Å². The van der Waals surface area contributed by atoms with Gasteiger partial charge in [0.05, 0.1) is 28.4 Å². The van der Waals surface area contributed by atoms with Gasteiger partial charge in [-0.2, -0.15) is 5.10 Å². The van der Waals surface area contributed by atoms with Crippen LogP contribution in [0.3, 0.4) is 0 Å². The first-order valence-corrected chi connectivity index (χ1v) is 17.6. The molecule has 0 aliphatic rings. The largest absolute Gasteiger partial charge is 0.309 e. The Hall–Kier alpha value is -5.67. The number of rotatable bonds is 3. The molecule has 244 valence electrons. The van der Waals surface area contributed by atoms with Gasteiger partial charge >= 0.3 is 0 Å². The standard InChI is InChI=1S/C47H41N3/c1-46(2,3)34-17-20-42-40(27-34)41-28-35(47(4,5)6)18-21-43(41)49(42)36-19-16-33-26-45(50-44(22-23-48-50)38(33)29-36)39-25-32-15-11-10-14-31(32)24-37(39)30-12-8-7-9-13-30/h7-29H,1-6H3. The summed E-state index contributed by atoms with van der Waals surface area (Å²) in [5.41, 5.74) is 12.2. The minimum Gasteiger partial charge on any atom is -0.309 e. The van der Waals surface area contributed by atoms with E-state index in [-0.39, 0.29) is 10.8 Å². The number of nitrogens with zero attached hydrogens (tertiary/aromatic N) is 3. The minimum atomic E-state index is 0.0595. The molecule has 0 amide bonds. The highest BCUT2D eigenvalue weighted by molar-refractivity contribution is 6.10. The Morgan fingerprint density at radius 2 is 1.06 bits per heavy atom. The third kappa shape index (κ3) is 4.83. The van der Waals surface area contributed by atoms with E-state index in [4.69, 9.17) is 5.10 Å². The summed E-state index contributed by atoms with van der Waals surface area (Å²) in [7, 11) is 0. The van der Waals surface area contributed by atoms with E-state index in [1.807, 2.05) is 6.20 Å². The van der Waals surface area contributed by atoms with Gasteiger partial charge in [-0.1, -0.05) is 114 Å². The number of fused-ring (bicyclic) bond motifs is 7. The van der Waals surface area contributed by atoms with Crippen LogP contribution >= 0.6 is 0 Å². The Kier molecular flexibility index (Phi) is 6.64. The zero-order chi connectivity index (χ0) is 34.4. The van der Waals surface area contributed by atoms with Crippen LogP contribution in [0.15, 0.2) is 140 Å². The molecular formula is C47H41N3. The van der Waals surface area contributed by atoms with Crippen LogP contribution < -0.4 is 0 Å². The molecule has 0 N–H and O–H groups in total. The molecule has 6 aromatic carbocycles. The van der Waals surface area contributed by atoms with Gasteiger partial charge in [-0.25, -0.2) is 4.52 Å². The third-order valence-corrected chi connectivity index (χ3v) is 10.5. The highest BCUT2D eigenvalue weighted by Gasteiger charge is 2.22. The van der Waals surface area contributed by atoms with Crippen molar-refractivity contribution in [1.82, 2.24) is 14.2 Å². The number of pyridine rings is 1. The lowest BCUT2D eigenvalue weighted by molar-refractivity contribution is 0.590. The van der Waals surface area contributed by atoms with Gasteiger partial charge in [0.2, 0.25) is 0 Å². The van der Waals surface area contributed by atoms with Crippen molar-refractivity contribution in [1.29, 1.82) is 0 Å². The Labute approximate surface area is 293 Å². The predicted octanol–water partition coefficient (Wildman–Crippen LogP) is 12.7. The first kappa shape index (κ1) is 30.4. The van der Waals surface area contributed by atoms with Gasteiger partial charge in [-0.15, -0.1) is 0 Å². The third-order valence-electron chi connectivity index (χ3n) is 10.5. The van der Waals surface area contributed by atoms with Crippen molar-refractivity contribution >= 4 is 48.9 Å². The molecule has 9 aromatic rings. The molecule has 0 bridgehead atoms. The van der Waals surface area contributed by atoms with E-state index in [2.05, 4.69) is 184 Å². The number of aromatic nitrogens is 3. The fourth-order valence-electron chi connectivity index (χ4n) is 7.67. The monoisotopic (exact) mass is 647 g/mol. The zero-order valence-corrected chi connectivity index (χ0v) is 29.6. The second kappa shape index (κ2) is 10.9. The minimum absolute atomic E-state index is 0.0595. The summed E-state index contributed by atoms with van der Waals surface area (Å²) in [5.74, 6) is 0. The molecule has 0 unspecified atom stereocenters. The van der Waals surface area contributed by atoms with E-state index in [1.54, 1.807) is 0 Å². The molecule has 3 aromatic heterocycles. The molecule has 3 nitrogen and oxygen atoms in total. The van der Waals surface area contributed by atoms with Crippen molar-refractivity contribution in [3.8, 4) is 28.1 Å². The van der Waals surface area contributed by atoms with Crippen molar-refractivity contribution in [2.75, 3.05) is 0 Å². The molecule has 0 atom stereocenters. The Morgan fingerprint density at radius 1 is 0.460 bits per heavy atom. The summed E-state index contributed by atoms with van der Waals surface area (Å²) in [6, 6.07) is 49.4. The maximum absolute atomic E-state index is 4.93. The number of benzene rings is 6. The van der Waals surface area contributed by atoms with Crippen molar-refractivity contribution in [3.05, 3.63) is 151 Å². The average molecular weight is 648 g/mol. The highest BCUT2D eigenvalue weighted by atomic mass is 15.2. The topological polar surface area (TPSA) is 22.2 Å². The van der Waals surface area contributed by atoms with E-state index >= 15 is 0 Å². The molecule has 0 aliphatic carbocycles. The van der Waals surface area contributed by atoms with Gasteiger partial charge in [-0.05, 0) is 110 Å². The molecule has 50 heavy (non-hydrogen) atoms. The molecule has 9 rings (SSSR count). The molecule has 3 heteroatoms. The fourth-order valence-corrected chi connectivity index (χ4v) is 7.67. The van der Waals surface area contributed by atoms with Crippen molar-refractivity contribution in [3.63, 3.8) is 0 Å². The number of hydrogen-bond acceptors (Lipinski definition) is 1. The van der Waals surface area contributed by atoms with Crippen LogP contribution in [-0.2, 0) is 10.8 Å². The maximum Gasteiger partial charge on any atom is 0.0747 e. The summed E-state index contributed by atoms with van der Waals surface area (Å²) < 4.78 is 4.57. The smallest absolute Gasteiger partial charge is 0.0747 e. The summed E-state index contributed by atoms with van der Waals surface area (Å²) in [4.78, 5) is 0. The van der Waals surface area contributed by atoms with Crippen molar-refractivity contribution in [2.45, 2.75) is 52.4 Å². The SMILES string of the molecule is CC(C)(C)c1ccc2c(c1)c1cc(C(C)(C)C)ccc1n2-c1ccc2cc(-c3cc4ccccc4cc3-c3ccccc3)n3nccc3c2c1. The normalized spacial score (nSPS) is 12.6. The van der Waals surface area contributed by atoms with Crippen LogP contribution in [0.4, 0.5) is 0 Å². The first-order chi connectivity index (χ1) is 24.0.